The number of anilines is 2. The molecule has 0 atom stereocenters. The molecule has 11 heteroatoms. The summed E-state index contributed by atoms with van der Waals surface area (Å²) in [7, 11) is 0. The Balaban J connectivity index is 1.69. The third kappa shape index (κ3) is 4.36. The Morgan fingerprint density at radius 1 is 1.26 bits per heavy atom. The second kappa shape index (κ2) is 7.65. The molecule has 1 aliphatic carbocycles. The first-order chi connectivity index (χ1) is 14.6. The van der Waals surface area contributed by atoms with Crippen LogP contribution in [0.5, 0.6) is 0 Å². The molecule has 7 nitrogen and oxygen atoms in total. The van der Waals surface area contributed by atoms with Gasteiger partial charge in [-0.1, -0.05) is 24.3 Å². The number of carbonyl (C=O) groups is 1. The highest BCUT2D eigenvalue weighted by atomic mass is 32.1. The van der Waals surface area contributed by atoms with Crippen LogP contribution in [0.3, 0.4) is 0 Å². The summed E-state index contributed by atoms with van der Waals surface area (Å²) in [5.41, 5.74) is 5.84. The number of benzene rings is 1. The van der Waals surface area contributed by atoms with Crippen molar-refractivity contribution in [1.82, 2.24) is 9.97 Å². The summed E-state index contributed by atoms with van der Waals surface area (Å²) in [5.74, 6) is -1.46. The van der Waals surface area contributed by atoms with Crippen LogP contribution in [0.2, 0.25) is 0 Å². The van der Waals surface area contributed by atoms with Gasteiger partial charge in [-0.05, 0) is 24.8 Å². The second-order valence-electron chi connectivity index (χ2n) is 7.05. The molecule has 2 aromatic heterocycles. The molecular weight excluding hydrogens is 431 g/mol. The van der Waals surface area contributed by atoms with E-state index < -0.39 is 23.3 Å². The lowest BCUT2D eigenvalue weighted by atomic mass is 10.1. The predicted octanol–water partition coefficient (Wildman–Crippen LogP) is 4.83. The van der Waals surface area contributed by atoms with Crippen molar-refractivity contribution in [3.63, 3.8) is 0 Å². The van der Waals surface area contributed by atoms with Gasteiger partial charge in [0.25, 0.3) is 0 Å². The maximum atomic E-state index is 12.9. The number of pyridine rings is 1. The molecule has 4 rings (SSSR count). The molecule has 1 saturated carbocycles. The van der Waals surface area contributed by atoms with Crippen molar-refractivity contribution >= 4 is 34.1 Å². The first-order valence-corrected chi connectivity index (χ1v) is 9.98. The largest absolute Gasteiger partial charge is 0.478 e. The lowest BCUT2D eigenvalue weighted by molar-refractivity contribution is -0.137. The highest BCUT2D eigenvalue weighted by molar-refractivity contribution is 7.16. The van der Waals surface area contributed by atoms with Crippen molar-refractivity contribution in [3.8, 4) is 11.3 Å². The highest BCUT2D eigenvalue weighted by Crippen LogP contribution is 2.48. The van der Waals surface area contributed by atoms with Gasteiger partial charge in [-0.15, -0.1) is 11.3 Å². The van der Waals surface area contributed by atoms with Gasteiger partial charge in [-0.2, -0.15) is 13.2 Å². The summed E-state index contributed by atoms with van der Waals surface area (Å²) in [6, 6.07) is 7.55. The number of halogens is 3. The molecule has 1 fully saturated rings. The zero-order valence-corrected chi connectivity index (χ0v) is 16.6. The Morgan fingerprint density at radius 2 is 1.94 bits per heavy atom. The Kier molecular flexibility index (Phi) is 5.13. The maximum absolute atomic E-state index is 12.9. The van der Waals surface area contributed by atoms with Crippen molar-refractivity contribution in [2.75, 3.05) is 5.32 Å². The minimum atomic E-state index is -4.70. The van der Waals surface area contributed by atoms with Gasteiger partial charge in [0.1, 0.15) is 17.2 Å². The summed E-state index contributed by atoms with van der Waals surface area (Å²) in [5, 5.41) is 20.0. The van der Waals surface area contributed by atoms with Crippen LogP contribution in [0.4, 0.5) is 24.1 Å². The molecule has 160 valence electrons. The van der Waals surface area contributed by atoms with Gasteiger partial charge >= 0.3 is 12.1 Å². The van der Waals surface area contributed by atoms with Crippen LogP contribution in [0.25, 0.3) is 11.3 Å². The van der Waals surface area contributed by atoms with Crippen molar-refractivity contribution in [3.05, 3.63) is 58.1 Å². The summed E-state index contributed by atoms with van der Waals surface area (Å²) in [6.45, 7) is 0. The predicted molar refractivity (Wildman–Crippen MR) is 110 cm³/mol. The lowest BCUT2D eigenvalue weighted by Crippen LogP contribution is -2.11. The van der Waals surface area contributed by atoms with E-state index in [2.05, 4.69) is 15.3 Å². The normalized spacial score (nSPS) is 13.8. The van der Waals surface area contributed by atoms with E-state index in [9.17, 15) is 23.1 Å². The average Bonchev–Trinajstić information content (AvgIpc) is 3.47. The number of aromatic nitrogens is 2. The molecule has 0 amide bonds. The number of nitrogens with one attached hydrogen (secondary N) is 2. The van der Waals surface area contributed by atoms with E-state index in [1.165, 1.54) is 11.3 Å². The van der Waals surface area contributed by atoms with Crippen molar-refractivity contribution in [2.24, 2.45) is 5.73 Å². The van der Waals surface area contributed by atoms with Gasteiger partial charge < -0.3 is 16.2 Å². The maximum Gasteiger partial charge on any atom is 0.417 e. The van der Waals surface area contributed by atoms with Gasteiger partial charge in [0, 0.05) is 22.2 Å². The van der Waals surface area contributed by atoms with Crippen LogP contribution in [0.15, 0.2) is 36.5 Å². The van der Waals surface area contributed by atoms with Gasteiger partial charge in [0.05, 0.1) is 11.3 Å². The fourth-order valence-electron chi connectivity index (χ4n) is 3.01. The molecule has 31 heavy (non-hydrogen) atoms. The Hall–Kier alpha value is -3.47. The number of hydrogen-bond acceptors (Lipinski definition) is 6. The number of nitrogen functional groups attached to an aromatic ring is 1. The zero-order valence-electron chi connectivity index (χ0n) is 15.8. The van der Waals surface area contributed by atoms with E-state index in [-0.39, 0.29) is 11.7 Å². The molecule has 0 radical (unpaired) electrons. The molecule has 5 N–H and O–H groups in total. The Morgan fingerprint density at radius 3 is 2.48 bits per heavy atom. The first kappa shape index (κ1) is 20.8. The fourth-order valence-corrected chi connectivity index (χ4v) is 4.16. The van der Waals surface area contributed by atoms with E-state index in [0.29, 0.717) is 34.6 Å². The van der Waals surface area contributed by atoms with Crippen LogP contribution in [0, 0.1) is 5.41 Å². The standard InChI is InChI=1S/C20H16F3N5O2S/c21-20(22,23)12-7-13(18(29)30)17(26-8-12)28-19-27-14(15(31-19)10-3-4-10)9-1-5-11(6-2-9)16(24)25/h1-2,5-8,10H,3-4H2,(H3,24,25)(H,29,30)(H,26,27,28). The molecule has 0 saturated heterocycles. The number of hydrogen-bond donors (Lipinski definition) is 4. The molecule has 3 aromatic rings. The van der Waals surface area contributed by atoms with Crippen LogP contribution < -0.4 is 11.1 Å². The Labute approximate surface area is 178 Å². The van der Waals surface area contributed by atoms with E-state index in [1.807, 2.05) is 0 Å². The van der Waals surface area contributed by atoms with E-state index in [1.54, 1.807) is 24.3 Å². The summed E-state index contributed by atoms with van der Waals surface area (Å²) < 4.78 is 38.8. The molecule has 0 aliphatic heterocycles. The van der Waals surface area contributed by atoms with E-state index >= 15 is 0 Å². The highest BCUT2D eigenvalue weighted by Gasteiger charge is 2.33. The van der Waals surface area contributed by atoms with Crippen molar-refractivity contribution in [2.45, 2.75) is 24.9 Å². The average molecular weight is 447 g/mol. The number of aromatic carboxylic acids is 1. The SMILES string of the molecule is N=C(N)c1ccc(-c2nc(Nc3ncc(C(F)(F)F)cc3C(=O)O)sc2C2CC2)cc1. The third-order valence-corrected chi connectivity index (χ3v) is 5.87. The second-order valence-corrected chi connectivity index (χ2v) is 8.08. The smallest absolute Gasteiger partial charge is 0.417 e. The van der Waals surface area contributed by atoms with Crippen LogP contribution in [-0.4, -0.2) is 26.9 Å². The number of amidine groups is 1. The van der Waals surface area contributed by atoms with Crippen LogP contribution in [-0.2, 0) is 6.18 Å². The molecule has 1 aromatic carbocycles. The van der Waals surface area contributed by atoms with Crippen LogP contribution >= 0.6 is 11.3 Å². The van der Waals surface area contributed by atoms with Crippen LogP contribution in [0.1, 0.15) is 45.1 Å². The van der Waals surface area contributed by atoms with Gasteiger partial charge in [-0.3, -0.25) is 5.41 Å². The topological polar surface area (TPSA) is 125 Å². The number of thiazole rings is 1. The van der Waals surface area contributed by atoms with Crippen molar-refractivity contribution in [1.29, 1.82) is 5.41 Å². The molecule has 0 bridgehead atoms. The van der Waals surface area contributed by atoms with Gasteiger partial charge in [0.2, 0.25) is 0 Å². The molecular formula is C20H16F3N5O2S. The fraction of sp³-hybridized carbons (Fsp3) is 0.200. The molecule has 0 spiro atoms. The zero-order chi connectivity index (χ0) is 22.3. The van der Waals surface area contributed by atoms with E-state index in [4.69, 9.17) is 11.1 Å². The summed E-state index contributed by atoms with van der Waals surface area (Å²) in [4.78, 5) is 20.7. The number of nitrogens with two attached hydrogens (primary N) is 1. The van der Waals surface area contributed by atoms with E-state index in [0.717, 1.165) is 23.3 Å². The minimum Gasteiger partial charge on any atom is -0.478 e. The number of nitrogens with zero attached hydrogens (tertiary/aromatic N) is 2. The van der Waals surface area contributed by atoms with Gasteiger partial charge in [-0.25, -0.2) is 14.8 Å². The molecule has 2 heterocycles. The monoisotopic (exact) mass is 447 g/mol. The third-order valence-electron chi connectivity index (χ3n) is 4.74. The number of rotatable bonds is 6. The molecule has 0 unspecified atom stereocenters. The number of carboxylic acid groups (broad SMARTS) is 1. The first-order valence-electron chi connectivity index (χ1n) is 9.16. The summed E-state index contributed by atoms with van der Waals surface area (Å²) in [6.07, 6.45) is -2.11. The number of carboxylic acids is 1. The number of alkyl halides is 3. The Bertz CT molecular complexity index is 1170. The minimum absolute atomic E-state index is 0.0517. The van der Waals surface area contributed by atoms with Crippen molar-refractivity contribution < 1.29 is 23.1 Å². The molecule has 1 aliphatic rings. The quantitative estimate of drug-likeness (QED) is 0.317. The van der Waals surface area contributed by atoms with Gasteiger partial charge in [0.15, 0.2) is 5.13 Å². The summed E-state index contributed by atoms with van der Waals surface area (Å²) >= 11 is 1.32. The lowest BCUT2D eigenvalue weighted by Gasteiger charge is -2.10.